The summed E-state index contributed by atoms with van der Waals surface area (Å²) in [5.41, 5.74) is -1.12. The maximum absolute atomic E-state index is 13.4. The fraction of sp³-hybridized carbons (Fsp3) is 0.364. The van der Waals surface area contributed by atoms with Gasteiger partial charge >= 0.3 is 5.97 Å². The average molecular weight is 380 g/mol. The zero-order valence-electron chi connectivity index (χ0n) is 9.65. The number of rotatable bonds is 5. The Balaban J connectivity index is 2.22. The van der Waals surface area contributed by atoms with Crippen molar-refractivity contribution in [1.82, 2.24) is 0 Å². The van der Waals surface area contributed by atoms with Crippen LogP contribution in [0.3, 0.4) is 0 Å². The minimum atomic E-state index is -0.936. The first-order chi connectivity index (χ1) is 8.85. The molecule has 2 rings (SSSR count). The van der Waals surface area contributed by atoms with Crippen molar-refractivity contribution in [1.29, 1.82) is 0 Å². The van der Waals surface area contributed by atoms with Crippen molar-refractivity contribution in [3.63, 3.8) is 0 Å². The van der Waals surface area contributed by atoms with Crippen LogP contribution in [0.15, 0.2) is 12.1 Å². The first-order valence-corrected chi connectivity index (χ1v) is 6.54. The lowest BCUT2D eigenvalue weighted by Crippen LogP contribution is -2.24. The number of nitro groups is 1. The van der Waals surface area contributed by atoms with Crippen LogP contribution < -0.4 is 5.32 Å². The predicted octanol–water partition coefficient (Wildman–Crippen LogP) is 2.62. The molecule has 1 aromatic rings. The van der Waals surface area contributed by atoms with Crippen molar-refractivity contribution in [2.24, 2.45) is 5.41 Å². The SMILES string of the molecule is O=C(O)C1(CNc2cc(F)c(I)cc2[N+](=O)[O-])CC1. The van der Waals surface area contributed by atoms with Gasteiger partial charge in [-0.3, -0.25) is 14.9 Å². The third-order valence-corrected chi connectivity index (χ3v) is 3.99. The number of hydrogen-bond donors (Lipinski definition) is 2. The smallest absolute Gasteiger partial charge is 0.311 e. The van der Waals surface area contributed by atoms with Crippen molar-refractivity contribution in [3.05, 3.63) is 31.6 Å². The van der Waals surface area contributed by atoms with E-state index in [2.05, 4.69) is 5.32 Å². The number of aliphatic carboxylic acids is 1. The molecule has 1 fully saturated rings. The Kier molecular flexibility index (Phi) is 3.61. The van der Waals surface area contributed by atoms with E-state index < -0.39 is 22.1 Å². The van der Waals surface area contributed by atoms with Gasteiger partial charge in [-0.15, -0.1) is 0 Å². The van der Waals surface area contributed by atoms with Crippen molar-refractivity contribution in [2.45, 2.75) is 12.8 Å². The van der Waals surface area contributed by atoms with Crippen LogP contribution in [0.4, 0.5) is 15.8 Å². The molecule has 6 nitrogen and oxygen atoms in total. The highest BCUT2D eigenvalue weighted by Crippen LogP contribution is 2.46. The summed E-state index contributed by atoms with van der Waals surface area (Å²) in [6.07, 6.45) is 1.05. The van der Waals surface area contributed by atoms with Crippen LogP contribution in [0.25, 0.3) is 0 Å². The molecule has 1 saturated carbocycles. The molecule has 8 heteroatoms. The highest BCUT2D eigenvalue weighted by Gasteiger charge is 2.50. The Morgan fingerprint density at radius 3 is 2.68 bits per heavy atom. The van der Waals surface area contributed by atoms with Gasteiger partial charge in [0.1, 0.15) is 11.5 Å². The lowest BCUT2D eigenvalue weighted by molar-refractivity contribution is -0.384. The number of halogens is 2. The largest absolute Gasteiger partial charge is 0.481 e. The summed E-state index contributed by atoms with van der Waals surface area (Å²) < 4.78 is 13.6. The summed E-state index contributed by atoms with van der Waals surface area (Å²) in [5, 5.41) is 22.6. The van der Waals surface area contributed by atoms with E-state index in [1.54, 1.807) is 22.6 Å². The van der Waals surface area contributed by atoms with Gasteiger partial charge < -0.3 is 10.4 Å². The van der Waals surface area contributed by atoms with E-state index in [1.807, 2.05) is 0 Å². The van der Waals surface area contributed by atoms with Crippen molar-refractivity contribution in [3.8, 4) is 0 Å². The number of nitro benzene ring substituents is 1. The second-order valence-electron chi connectivity index (χ2n) is 4.48. The molecule has 1 aromatic carbocycles. The van der Waals surface area contributed by atoms with Gasteiger partial charge in [-0.05, 0) is 35.4 Å². The van der Waals surface area contributed by atoms with E-state index in [-0.39, 0.29) is 21.5 Å². The zero-order chi connectivity index (χ0) is 14.2. The van der Waals surface area contributed by atoms with E-state index in [0.29, 0.717) is 12.8 Å². The van der Waals surface area contributed by atoms with E-state index in [0.717, 1.165) is 12.1 Å². The lowest BCUT2D eigenvalue weighted by atomic mass is 10.1. The molecule has 102 valence electrons. The minimum Gasteiger partial charge on any atom is -0.481 e. The first kappa shape index (κ1) is 14.0. The maximum Gasteiger partial charge on any atom is 0.311 e. The zero-order valence-corrected chi connectivity index (χ0v) is 11.8. The highest BCUT2D eigenvalue weighted by molar-refractivity contribution is 14.1. The Morgan fingerprint density at radius 1 is 1.58 bits per heavy atom. The van der Waals surface area contributed by atoms with Gasteiger partial charge in [0, 0.05) is 18.7 Å². The van der Waals surface area contributed by atoms with E-state index >= 15 is 0 Å². The van der Waals surface area contributed by atoms with Crippen molar-refractivity contribution < 1.29 is 19.2 Å². The predicted molar refractivity (Wildman–Crippen MR) is 73.6 cm³/mol. The fourth-order valence-corrected chi connectivity index (χ4v) is 2.16. The van der Waals surface area contributed by atoms with Crippen LogP contribution in [0.5, 0.6) is 0 Å². The Bertz CT molecular complexity index is 560. The van der Waals surface area contributed by atoms with E-state index in [1.165, 1.54) is 0 Å². The van der Waals surface area contributed by atoms with Crippen molar-refractivity contribution >= 4 is 39.9 Å². The monoisotopic (exact) mass is 380 g/mol. The number of hydrogen-bond acceptors (Lipinski definition) is 4. The summed E-state index contributed by atoms with van der Waals surface area (Å²) in [6.45, 7) is 0.0587. The second-order valence-corrected chi connectivity index (χ2v) is 5.64. The molecule has 0 amide bonds. The van der Waals surface area contributed by atoms with Crippen LogP contribution in [0, 0.1) is 24.9 Å². The van der Waals surface area contributed by atoms with Crippen LogP contribution in [0.2, 0.25) is 0 Å². The molecule has 0 radical (unpaired) electrons. The summed E-state index contributed by atoms with van der Waals surface area (Å²) in [5.74, 6) is -1.51. The molecule has 2 N–H and O–H groups in total. The van der Waals surface area contributed by atoms with Crippen LogP contribution in [-0.2, 0) is 4.79 Å². The minimum absolute atomic E-state index is 0.00967. The molecule has 0 aromatic heterocycles. The number of nitrogens with zero attached hydrogens (tertiary/aromatic N) is 1. The Hall–Kier alpha value is -1.45. The number of benzene rings is 1. The standard InChI is InChI=1S/C11H10FIN2O4/c12-6-3-8(9(15(18)19)4-7(6)13)14-5-11(1-2-11)10(16)17/h3-4,14H,1-2,5H2,(H,16,17). The van der Waals surface area contributed by atoms with Gasteiger partial charge in [0.2, 0.25) is 0 Å². The summed E-state index contributed by atoms with van der Waals surface area (Å²) in [7, 11) is 0. The second kappa shape index (κ2) is 4.91. The molecule has 0 spiro atoms. The van der Waals surface area contributed by atoms with Gasteiger partial charge in [0.15, 0.2) is 0 Å². The van der Waals surface area contributed by atoms with Crippen molar-refractivity contribution in [2.75, 3.05) is 11.9 Å². The van der Waals surface area contributed by atoms with E-state index in [4.69, 9.17) is 5.11 Å². The van der Waals surface area contributed by atoms with Crippen LogP contribution in [-0.4, -0.2) is 22.5 Å². The third-order valence-electron chi connectivity index (χ3n) is 3.16. The molecule has 0 aliphatic heterocycles. The number of anilines is 1. The molecule has 1 aliphatic rings. The van der Waals surface area contributed by atoms with Gasteiger partial charge in [0.25, 0.3) is 5.69 Å². The number of carboxylic acids is 1. The van der Waals surface area contributed by atoms with Gasteiger partial charge in [-0.25, -0.2) is 4.39 Å². The molecule has 1 aliphatic carbocycles. The number of nitrogens with one attached hydrogen (secondary N) is 1. The molecule has 0 unspecified atom stereocenters. The van der Waals surface area contributed by atoms with Gasteiger partial charge in [-0.2, -0.15) is 0 Å². The maximum atomic E-state index is 13.4. The molecule has 0 heterocycles. The summed E-state index contributed by atoms with van der Waals surface area (Å²) >= 11 is 1.67. The Morgan fingerprint density at radius 2 is 2.21 bits per heavy atom. The van der Waals surface area contributed by atoms with Gasteiger partial charge in [-0.1, -0.05) is 0 Å². The number of carbonyl (C=O) groups is 1. The van der Waals surface area contributed by atoms with Crippen LogP contribution >= 0.6 is 22.6 Å². The lowest BCUT2D eigenvalue weighted by Gasteiger charge is -2.12. The molecular weight excluding hydrogens is 370 g/mol. The molecule has 0 atom stereocenters. The van der Waals surface area contributed by atoms with Gasteiger partial charge in [0.05, 0.1) is 13.9 Å². The van der Waals surface area contributed by atoms with E-state index in [9.17, 15) is 19.3 Å². The molecule has 0 saturated heterocycles. The first-order valence-electron chi connectivity index (χ1n) is 5.46. The quantitative estimate of drug-likeness (QED) is 0.466. The Labute approximate surface area is 121 Å². The topological polar surface area (TPSA) is 92.5 Å². The summed E-state index contributed by atoms with van der Waals surface area (Å²) in [6, 6.07) is 2.15. The molecular formula is C11H10FIN2O4. The summed E-state index contributed by atoms with van der Waals surface area (Å²) in [4.78, 5) is 21.3. The fourth-order valence-electron chi connectivity index (χ4n) is 1.71. The van der Waals surface area contributed by atoms with Crippen LogP contribution in [0.1, 0.15) is 12.8 Å². The number of carboxylic acid groups (broad SMARTS) is 1. The normalized spacial score (nSPS) is 15.9. The third kappa shape index (κ3) is 2.77. The molecule has 0 bridgehead atoms. The highest BCUT2D eigenvalue weighted by atomic mass is 127. The average Bonchev–Trinajstić information content (AvgIpc) is 3.11. The molecule has 19 heavy (non-hydrogen) atoms.